The quantitative estimate of drug-likeness (QED) is 0.679. The standard InChI is InChI=1S/C12H17BrN4O2/c1-16-5-3-2-4-9(16)7-14-12-11(13)6-10(8-15-12)17(18)19/h6,8-9H,2-5,7H2,1H3,(H,14,15). The summed E-state index contributed by atoms with van der Waals surface area (Å²) in [6, 6.07) is 1.97. The zero-order valence-corrected chi connectivity index (χ0v) is 12.4. The van der Waals surface area contributed by atoms with Crippen LogP contribution in [0.4, 0.5) is 11.5 Å². The maximum absolute atomic E-state index is 10.6. The molecule has 0 radical (unpaired) electrons. The van der Waals surface area contributed by atoms with Crippen molar-refractivity contribution in [2.75, 3.05) is 25.5 Å². The number of halogens is 1. The Morgan fingerprint density at radius 3 is 3.05 bits per heavy atom. The summed E-state index contributed by atoms with van der Waals surface area (Å²) in [4.78, 5) is 16.6. The van der Waals surface area contributed by atoms with E-state index in [1.54, 1.807) is 0 Å². The third-order valence-corrected chi connectivity index (χ3v) is 4.07. The van der Waals surface area contributed by atoms with Gasteiger partial charge in [0.25, 0.3) is 5.69 Å². The topological polar surface area (TPSA) is 71.3 Å². The highest BCUT2D eigenvalue weighted by Gasteiger charge is 2.19. The third kappa shape index (κ3) is 3.63. The van der Waals surface area contributed by atoms with Gasteiger partial charge in [-0.05, 0) is 42.4 Å². The summed E-state index contributed by atoms with van der Waals surface area (Å²) < 4.78 is 0.625. The number of hydrogen-bond acceptors (Lipinski definition) is 5. The summed E-state index contributed by atoms with van der Waals surface area (Å²) in [6.45, 7) is 1.93. The van der Waals surface area contributed by atoms with Gasteiger partial charge in [-0.15, -0.1) is 0 Å². The third-order valence-electron chi connectivity index (χ3n) is 3.46. The molecule has 1 saturated heterocycles. The number of nitro groups is 1. The highest BCUT2D eigenvalue weighted by atomic mass is 79.9. The molecular weight excluding hydrogens is 312 g/mol. The fourth-order valence-electron chi connectivity index (χ4n) is 2.27. The zero-order chi connectivity index (χ0) is 13.8. The van der Waals surface area contributed by atoms with Gasteiger partial charge in [0.1, 0.15) is 12.0 Å². The number of nitrogens with one attached hydrogen (secondary N) is 1. The largest absolute Gasteiger partial charge is 0.368 e. The van der Waals surface area contributed by atoms with Gasteiger partial charge in [0.15, 0.2) is 0 Å². The van der Waals surface area contributed by atoms with Crippen molar-refractivity contribution in [3.8, 4) is 0 Å². The Balaban J connectivity index is 1.97. The Kier molecular flexibility index (Phi) is 4.71. The summed E-state index contributed by atoms with van der Waals surface area (Å²) in [7, 11) is 2.13. The predicted molar refractivity (Wildman–Crippen MR) is 77.4 cm³/mol. The minimum atomic E-state index is -0.448. The van der Waals surface area contributed by atoms with E-state index in [2.05, 4.69) is 38.2 Å². The Bertz CT molecular complexity index is 469. The van der Waals surface area contributed by atoms with E-state index in [4.69, 9.17) is 0 Å². The molecular formula is C12H17BrN4O2. The van der Waals surface area contributed by atoms with Crippen LogP contribution < -0.4 is 5.32 Å². The summed E-state index contributed by atoms with van der Waals surface area (Å²) in [5.74, 6) is 0.657. The van der Waals surface area contributed by atoms with Gasteiger partial charge < -0.3 is 10.2 Å². The van der Waals surface area contributed by atoms with Crippen LogP contribution in [0.3, 0.4) is 0 Å². The van der Waals surface area contributed by atoms with E-state index in [1.165, 1.54) is 31.5 Å². The minimum absolute atomic E-state index is 0.00721. The number of anilines is 1. The lowest BCUT2D eigenvalue weighted by Gasteiger charge is -2.32. The van der Waals surface area contributed by atoms with Crippen molar-refractivity contribution in [1.82, 2.24) is 9.88 Å². The van der Waals surface area contributed by atoms with Crippen LogP contribution in [0, 0.1) is 10.1 Å². The number of nitrogens with zero attached hydrogens (tertiary/aromatic N) is 3. The molecule has 0 saturated carbocycles. The van der Waals surface area contributed by atoms with Crippen LogP contribution in [0.2, 0.25) is 0 Å². The second-order valence-corrected chi connectivity index (χ2v) is 5.65. The summed E-state index contributed by atoms with van der Waals surface area (Å²) in [5, 5.41) is 13.9. The molecule has 0 aromatic carbocycles. The molecule has 2 rings (SSSR count). The molecule has 6 nitrogen and oxygen atoms in total. The first-order valence-electron chi connectivity index (χ1n) is 6.32. The molecule has 104 valence electrons. The lowest BCUT2D eigenvalue weighted by molar-refractivity contribution is -0.385. The van der Waals surface area contributed by atoms with Crippen molar-refractivity contribution in [3.05, 3.63) is 26.9 Å². The molecule has 0 spiro atoms. The number of piperidine rings is 1. The van der Waals surface area contributed by atoms with Crippen LogP contribution in [0.5, 0.6) is 0 Å². The van der Waals surface area contributed by atoms with E-state index in [-0.39, 0.29) is 5.69 Å². The molecule has 1 fully saturated rings. The van der Waals surface area contributed by atoms with Crippen LogP contribution in [0.1, 0.15) is 19.3 Å². The van der Waals surface area contributed by atoms with Crippen LogP contribution >= 0.6 is 15.9 Å². The predicted octanol–water partition coefficient (Wildman–Crippen LogP) is 2.65. The summed E-state index contributed by atoms with van der Waals surface area (Å²) in [6.07, 6.45) is 4.96. The van der Waals surface area contributed by atoms with Gasteiger partial charge in [-0.25, -0.2) is 4.98 Å². The number of rotatable bonds is 4. The van der Waals surface area contributed by atoms with E-state index >= 15 is 0 Å². The van der Waals surface area contributed by atoms with Crippen LogP contribution in [0.15, 0.2) is 16.7 Å². The SMILES string of the molecule is CN1CCCCC1CNc1ncc([N+](=O)[O-])cc1Br. The fourth-order valence-corrected chi connectivity index (χ4v) is 2.75. The minimum Gasteiger partial charge on any atom is -0.368 e. The monoisotopic (exact) mass is 328 g/mol. The normalized spacial score (nSPS) is 20.2. The molecule has 0 bridgehead atoms. The highest BCUT2D eigenvalue weighted by molar-refractivity contribution is 9.10. The summed E-state index contributed by atoms with van der Waals surface area (Å²) >= 11 is 3.31. The van der Waals surface area contributed by atoms with Crippen molar-refractivity contribution in [1.29, 1.82) is 0 Å². The average Bonchev–Trinajstić information content (AvgIpc) is 2.39. The molecule has 1 aliphatic rings. The lowest BCUT2D eigenvalue weighted by atomic mass is 10.0. The molecule has 0 amide bonds. The smallest absolute Gasteiger partial charge is 0.288 e. The van der Waals surface area contributed by atoms with Crippen molar-refractivity contribution in [2.24, 2.45) is 0 Å². The molecule has 1 unspecified atom stereocenters. The van der Waals surface area contributed by atoms with Crippen molar-refractivity contribution >= 4 is 27.4 Å². The number of aromatic nitrogens is 1. The van der Waals surface area contributed by atoms with E-state index in [0.29, 0.717) is 16.3 Å². The first-order chi connectivity index (χ1) is 9.08. The number of likely N-dealkylation sites (N-methyl/N-ethyl adjacent to an activating group) is 1. The molecule has 1 N–H and O–H groups in total. The van der Waals surface area contributed by atoms with Gasteiger partial charge in [-0.3, -0.25) is 10.1 Å². The first-order valence-corrected chi connectivity index (χ1v) is 7.11. The first kappa shape index (κ1) is 14.2. The van der Waals surface area contributed by atoms with Crippen molar-refractivity contribution in [2.45, 2.75) is 25.3 Å². The molecule has 19 heavy (non-hydrogen) atoms. The molecule has 2 heterocycles. The molecule has 1 atom stereocenters. The number of pyridine rings is 1. The van der Waals surface area contributed by atoms with Gasteiger partial charge in [0, 0.05) is 18.7 Å². The van der Waals surface area contributed by atoms with E-state index in [0.717, 1.165) is 13.1 Å². The Hall–Kier alpha value is -1.21. The maximum atomic E-state index is 10.6. The number of hydrogen-bond donors (Lipinski definition) is 1. The van der Waals surface area contributed by atoms with Crippen LogP contribution in [0.25, 0.3) is 0 Å². The van der Waals surface area contributed by atoms with Gasteiger partial charge >= 0.3 is 0 Å². The summed E-state index contributed by atoms with van der Waals surface area (Å²) in [5.41, 5.74) is -0.00721. The molecule has 1 aromatic heterocycles. The Morgan fingerprint density at radius 1 is 1.63 bits per heavy atom. The van der Waals surface area contributed by atoms with Crippen LogP contribution in [-0.4, -0.2) is 41.0 Å². The highest BCUT2D eigenvalue weighted by Crippen LogP contribution is 2.25. The second-order valence-electron chi connectivity index (χ2n) is 4.79. The van der Waals surface area contributed by atoms with Gasteiger partial charge in [-0.2, -0.15) is 0 Å². The van der Waals surface area contributed by atoms with Crippen molar-refractivity contribution < 1.29 is 4.92 Å². The number of likely N-dealkylation sites (tertiary alicyclic amines) is 1. The fraction of sp³-hybridized carbons (Fsp3) is 0.583. The molecule has 7 heteroatoms. The maximum Gasteiger partial charge on any atom is 0.288 e. The molecule has 1 aromatic rings. The lowest BCUT2D eigenvalue weighted by Crippen LogP contribution is -2.40. The van der Waals surface area contributed by atoms with E-state index in [1.807, 2.05) is 0 Å². The van der Waals surface area contributed by atoms with E-state index < -0.39 is 4.92 Å². The zero-order valence-electron chi connectivity index (χ0n) is 10.8. The van der Waals surface area contributed by atoms with Gasteiger partial charge in [0.05, 0.1) is 9.40 Å². The molecule has 1 aliphatic heterocycles. The molecule has 0 aliphatic carbocycles. The van der Waals surface area contributed by atoms with Gasteiger partial charge in [-0.1, -0.05) is 6.42 Å². The second kappa shape index (κ2) is 6.29. The van der Waals surface area contributed by atoms with E-state index in [9.17, 15) is 10.1 Å². The Labute approximate surface area is 120 Å². The van der Waals surface area contributed by atoms with Gasteiger partial charge in [0.2, 0.25) is 0 Å². The van der Waals surface area contributed by atoms with Crippen molar-refractivity contribution in [3.63, 3.8) is 0 Å². The Morgan fingerprint density at radius 2 is 2.42 bits per heavy atom. The van der Waals surface area contributed by atoms with Crippen LogP contribution in [-0.2, 0) is 0 Å². The average molecular weight is 329 g/mol.